The Labute approximate surface area is 144 Å². The van der Waals surface area contributed by atoms with Crippen LogP contribution in [0.25, 0.3) is 11.3 Å². The number of nitrogens with one attached hydrogen (secondary N) is 1. The molecule has 124 valence electrons. The molecule has 0 saturated carbocycles. The Hall–Kier alpha value is -2.21. The first-order chi connectivity index (χ1) is 11.5. The highest BCUT2D eigenvalue weighted by molar-refractivity contribution is 6.12. The lowest BCUT2D eigenvalue weighted by Crippen LogP contribution is -2.49. The van der Waals surface area contributed by atoms with Gasteiger partial charge >= 0.3 is 0 Å². The van der Waals surface area contributed by atoms with E-state index in [0.717, 1.165) is 28.9 Å². The first kappa shape index (κ1) is 18.1. The number of hydrogen-bond acceptors (Lipinski definition) is 4. The van der Waals surface area contributed by atoms with Crippen LogP contribution in [0.15, 0.2) is 36.8 Å². The number of aryl methyl sites for hydroxylation is 1. The van der Waals surface area contributed by atoms with Crippen molar-refractivity contribution in [3.63, 3.8) is 0 Å². The molecule has 1 amide bonds. The van der Waals surface area contributed by atoms with Crippen molar-refractivity contribution in [3.8, 4) is 11.3 Å². The minimum atomic E-state index is -0.293. The first-order valence-corrected chi connectivity index (χ1v) is 8.11. The van der Waals surface area contributed by atoms with Gasteiger partial charge in [-0.25, -0.2) is 0 Å². The molecule has 0 bridgehead atoms. The second-order valence-corrected chi connectivity index (χ2v) is 5.78. The number of aromatic nitrogens is 2. The predicted molar refractivity (Wildman–Crippen MR) is 98.0 cm³/mol. The zero-order chi connectivity index (χ0) is 17.7. The molecular weight excluding hydrogens is 299 g/mol. The summed E-state index contributed by atoms with van der Waals surface area (Å²) >= 11 is 0. The summed E-state index contributed by atoms with van der Waals surface area (Å²) in [6.07, 6.45) is 5.75. The van der Waals surface area contributed by atoms with Gasteiger partial charge in [-0.3, -0.25) is 19.7 Å². The minimum Gasteiger partial charge on any atom is -0.300 e. The topological polar surface area (TPSA) is 58.1 Å². The van der Waals surface area contributed by atoms with E-state index in [2.05, 4.69) is 22.2 Å². The maximum Gasteiger partial charge on any atom is 0.225 e. The molecule has 0 spiro atoms. The fraction of sp³-hybridized carbons (Fsp3) is 0.389. The molecule has 0 aliphatic carbocycles. The Bertz CT molecular complexity index is 691. The van der Waals surface area contributed by atoms with E-state index in [1.54, 1.807) is 37.5 Å². The fourth-order valence-electron chi connectivity index (χ4n) is 2.80. The maximum atomic E-state index is 12.3. The van der Waals surface area contributed by atoms with Crippen LogP contribution in [0.4, 0.5) is 5.69 Å². The number of nitrogens with zero attached hydrogens (tertiary/aromatic N) is 3. The normalized spacial score (nSPS) is 13.3. The van der Waals surface area contributed by atoms with Crippen LogP contribution in [0.3, 0.4) is 0 Å². The van der Waals surface area contributed by atoms with Crippen LogP contribution < -0.4 is 10.2 Å². The van der Waals surface area contributed by atoms with Crippen LogP contribution in [-0.4, -0.2) is 36.9 Å². The summed E-state index contributed by atoms with van der Waals surface area (Å²) in [7, 11) is 7.85. The van der Waals surface area contributed by atoms with Crippen molar-refractivity contribution in [2.75, 3.05) is 11.9 Å². The molecule has 2 aromatic rings. The molecule has 2 atom stereocenters. The molecule has 2 heterocycles. The van der Waals surface area contributed by atoms with Crippen LogP contribution in [0.1, 0.15) is 26.3 Å². The van der Waals surface area contributed by atoms with Gasteiger partial charge in [0.15, 0.2) is 0 Å². The third-order valence-electron chi connectivity index (χ3n) is 3.97. The second kappa shape index (κ2) is 8.06. The average Bonchev–Trinajstić information content (AvgIpc) is 2.59. The van der Waals surface area contributed by atoms with E-state index in [9.17, 15) is 4.79 Å². The van der Waals surface area contributed by atoms with Gasteiger partial charge in [0.2, 0.25) is 5.91 Å². The summed E-state index contributed by atoms with van der Waals surface area (Å²) in [6.45, 7) is 5.48. The minimum absolute atomic E-state index is 0.0720. The number of pyridine rings is 2. The van der Waals surface area contributed by atoms with Gasteiger partial charge in [-0.1, -0.05) is 13.8 Å². The van der Waals surface area contributed by atoms with Gasteiger partial charge in [0.05, 0.1) is 31.6 Å². The van der Waals surface area contributed by atoms with Crippen molar-refractivity contribution in [3.05, 3.63) is 42.4 Å². The molecular formula is C18H23BN4O. The Morgan fingerprint density at radius 3 is 2.67 bits per heavy atom. The van der Waals surface area contributed by atoms with Crippen LogP contribution in [0.2, 0.25) is 5.82 Å². The van der Waals surface area contributed by atoms with Crippen molar-refractivity contribution in [2.24, 2.45) is 0 Å². The summed E-state index contributed by atoms with van der Waals surface area (Å²) in [5.41, 5.74) is 3.62. The molecule has 0 fully saturated rings. The second-order valence-electron chi connectivity index (χ2n) is 5.78. The van der Waals surface area contributed by atoms with Crippen LogP contribution in [-0.2, 0) is 11.2 Å². The molecule has 0 aliphatic rings. The summed E-state index contributed by atoms with van der Waals surface area (Å²) < 4.78 is 0. The highest BCUT2D eigenvalue weighted by Gasteiger charge is 2.26. The Balaban J connectivity index is 2.50. The monoisotopic (exact) mass is 322 g/mol. The summed E-state index contributed by atoms with van der Waals surface area (Å²) in [5, 5.41) is 3.12. The maximum absolute atomic E-state index is 12.3. The molecule has 1 unspecified atom stereocenters. The largest absolute Gasteiger partial charge is 0.300 e. The fourth-order valence-corrected chi connectivity index (χ4v) is 2.80. The average molecular weight is 322 g/mol. The van der Waals surface area contributed by atoms with E-state index >= 15 is 0 Å². The van der Waals surface area contributed by atoms with Crippen LogP contribution in [0.5, 0.6) is 0 Å². The summed E-state index contributed by atoms with van der Waals surface area (Å²) in [4.78, 5) is 22.6. The zero-order valence-electron chi connectivity index (χ0n) is 14.7. The highest BCUT2D eigenvalue weighted by Crippen LogP contribution is 2.28. The SMILES string of the molecule is [B][C@H](C)C(NC)N(C(C)=O)c1cnc(-c2cccnc2)cc1CC. The summed E-state index contributed by atoms with van der Waals surface area (Å²) in [5.74, 6) is -0.293. The van der Waals surface area contributed by atoms with E-state index in [4.69, 9.17) is 7.85 Å². The molecule has 2 rings (SSSR count). The molecule has 24 heavy (non-hydrogen) atoms. The lowest BCUT2D eigenvalue weighted by molar-refractivity contribution is -0.117. The Kier molecular flexibility index (Phi) is 6.09. The third kappa shape index (κ3) is 3.82. The quantitative estimate of drug-likeness (QED) is 0.656. The zero-order valence-corrected chi connectivity index (χ0v) is 14.7. The lowest BCUT2D eigenvalue weighted by Gasteiger charge is -2.35. The van der Waals surface area contributed by atoms with E-state index in [1.165, 1.54) is 0 Å². The number of anilines is 1. The van der Waals surface area contributed by atoms with Gasteiger partial charge in [0.25, 0.3) is 0 Å². The Morgan fingerprint density at radius 1 is 1.42 bits per heavy atom. The Morgan fingerprint density at radius 2 is 2.17 bits per heavy atom. The number of rotatable bonds is 6. The predicted octanol–water partition coefficient (Wildman–Crippen LogP) is 2.58. The number of amides is 1. The molecule has 6 heteroatoms. The van der Waals surface area contributed by atoms with Gasteiger partial charge in [-0.2, -0.15) is 0 Å². The van der Waals surface area contributed by atoms with Crippen LogP contribution in [0, 0.1) is 0 Å². The molecule has 2 aromatic heterocycles. The lowest BCUT2D eigenvalue weighted by atomic mass is 9.85. The van der Waals surface area contributed by atoms with Gasteiger partial charge in [0, 0.05) is 24.9 Å². The molecule has 0 saturated heterocycles. The third-order valence-corrected chi connectivity index (χ3v) is 3.97. The molecule has 1 N–H and O–H groups in total. The molecule has 0 aromatic carbocycles. The van der Waals surface area contributed by atoms with Crippen molar-refractivity contribution in [2.45, 2.75) is 39.2 Å². The van der Waals surface area contributed by atoms with Gasteiger partial charge < -0.3 is 5.32 Å². The first-order valence-electron chi connectivity index (χ1n) is 8.11. The van der Waals surface area contributed by atoms with Gasteiger partial charge in [-0.15, -0.1) is 0 Å². The smallest absolute Gasteiger partial charge is 0.225 e. The number of carbonyl (C=O) groups is 1. The molecule has 5 nitrogen and oxygen atoms in total. The highest BCUT2D eigenvalue weighted by atomic mass is 16.2. The summed E-state index contributed by atoms with van der Waals surface area (Å²) in [6, 6.07) is 5.86. The standard InChI is InChI=1S/C18H23BN4O/c1-5-14-9-16(15-7-6-8-21-10-15)22-11-17(14)23(13(3)24)18(20-4)12(2)19/h6-12,18,20H,5H2,1-4H3/t12-,18?/m1/s1. The van der Waals surface area contributed by atoms with Gasteiger partial charge in [0.1, 0.15) is 0 Å². The van der Waals surface area contributed by atoms with Crippen molar-refractivity contribution < 1.29 is 4.79 Å². The van der Waals surface area contributed by atoms with E-state index < -0.39 is 0 Å². The van der Waals surface area contributed by atoms with E-state index in [-0.39, 0.29) is 17.9 Å². The molecule has 0 aliphatic heterocycles. The number of carbonyl (C=O) groups excluding carboxylic acids is 1. The van der Waals surface area contributed by atoms with Crippen molar-refractivity contribution in [1.29, 1.82) is 0 Å². The van der Waals surface area contributed by atoms with E-state index in [0.29, 0.717) is 0 Å². The van der Waals surface area contributed by atoms with Gasteiger partial charge in [-0.05, 0) is 43.0 Å². The molecule has 2 radical (unpaired) electrons. The van der Waals surface area contributed by atoms with Crippen molar-refractivity contribution in [1.82, 2.24) is 15.3 Å². The van der Waals surface area contributed by atoms with Crippen molar-refractivity contribution >= 4 is 19.4 Å². The number of hydrogen-bond donors (Lipinski definition) is 1. The van der Waals surface area contributed by atoms with E-state index in [1.807, 2.05) is 25.1 Å². The van der Waals surface area contributed by atoms with Crippen LogP contribution >= 0.6 is 0 Å².